The number of hydrogen-bond acceptors (Lipinski definition) is 4. The molecule has 0 aliphatic heterocycles. The highest BCUT2D eigenvalue weighted by molar-refractivity contribution is 7.17. The van der Waals surface area contributed by atoms with Gasteiger partial charge in [-0.05, 0) is 25.7 Å². The normalized spacial score (nSPS) is 19.1. The standard InChI is InChI=1S/C12H13F3N2O2S/c13-12(14,15)5-17(7-3-4-7)11-16-8(6-1-2-6)9(20-11)10(18)19/h6-7H,1-5H2,(H,18,19). The van der Waals surface area contributed by atoms with Gasteiger partial charge in [0.1, 0.15) is 11.4 Å². The molecule has 0 atom stereocenters. The SMILES string of the molecule is O=C(O)c1sc(N(CC(F)(F)F)C2CC2)nc1C1CC1. The Balaban J connectivity index is 1.90. The van der Waals surface area contributed by atoms with E-state index in [1.54, 1.807) is 0 Å². The first-order valence-electron chi connectivity index (χ1n) is 6.42. The van der Waals surface area contributed by atoms with Gasteiger partial charge < -0.3 is 10.0 Å². The number of nitrogens with zero attached hydrogens (tertiary/aromatic N) is 2. The van der Waals surface area contributed by atoms with Gasteiger partial charge in [0.15, 0.2) is 5.13 Å². The molecule has 1 aromatic heterocycles. The number of carbonyl (C=O) groups is 1. The molecule has 2 fully saturated rings. The third-order valence-electron chi connectivity index (χ3n) is 3.38. The third kappa shape index (κ3) is 2.89. The van der Waals surface area contributed by atoms with Crippen LogP contribution in [0.3, 0.4) is 0 Å². The maximum absolute atomic E-state index is 12.6. The minimum absolute atomic E-state index is 0.0929. The van der Waals surface area contributed by atoms with Crippen LogP contribution >= 0.6 is 11.3 Å². The van der Waals surface area contributed by atoms with Gasteiger partial charge >= 0.3 is 12.1 Å². The molecular formula is C12H13F3N2O2S. The molecule has 0 aromatic carbocycles. The van der Waals surface area contributed by atoms with Crippen molar-refractivity contribution in [3.8, 4) is 0 Å². The first-order valence-corrected chi connectivity index (χ1v) is 7.24. The lowest BCUT2D eigenvalue weighted by Crippen LogP contribution is -2.35. The van der Waals surface area contributed by atoms with Gasteiger partial charge in [0.2, 0.25) is 0 Å². The van der Waals surface area contributed by atoms with Gasteiger partial charge in [0.05, 0.1) is 5.69 Å². The maximum Gasteiger partial charge on any atom is 0.406 e. The number of thiazole rings is 1. The van der Waals surface area contributed by atoms with Crippen LogP contribution in [-0.4, -0.2) is 34.8 Å². The molecule has 110 valence electrons. The Morgan fingerprint density at radius 2 is 2.00 bits per heavy atom. The molecular weight excluding hydrogens is 293 g/mol. The lowest BCUT2D eigenvalue weighted by Gasteiger charge is -2.22. The third-order valence-corrected chi connectivity index (χ3v) is 4.48. The van der Waals surface area contributed by atoms with E-state index in [1.165, 1.54) is 4.90 Å². The topological polar surface area (TPSA) is 53.4 Å². The Labute approximate surface area is 117 Å². The number of rotatable bonds is 5. The van der Waals surface area contributed by atoms with E-state index in [-0.39, 0.29) is 22.0 Å². The van der Waals surface area contributed by atoms with E-state index in [0.717, 1.165) is 24.2 Å². The lowest BCUT2D eigenvalue weighted by atomic mass is 10.2. The zero-order chi connectivity index (χ0) is 14.5. The first-order chi connectivity index (χ1) is 9.35. The molecule has 0 amide bonds. The summed E-state index contributed by atoms with van der Waals surface area (Å²) in [6.07, 6.45) is -1.16. The largest absolute Gasteiger partial charge is 0.477 e. The molecule has 20 heavy (non-hydrogen) atoms. The quantitative estimate of drug-likeness (QED) is 0.907. The van der Waals surface area contributed by atoms with Crippen molar-refractivity contribution in [1.82, 2.24) is 4.98 Å². The number of aromatic carboxylic acids is 1. The smallest absolute Gasteiger partial charge is 0.406 e. The molecule has 2 saturated carbocycles. The molecule has 0 bridgehead atoms. The van der Waals surface area contributed by atoms with Crippen LogP contribution < -0.4 is 4.90 Å². The van der Waals surface area contributed by atoms with Crippen LogP contribution in [0.15, 0.2) is 0 Å². The van der Waals surface area contributed by atoms with Crippen molar-refractivity contribution in [1.29, 1.82) is 0 Å². The summed E-state index contributed by atoms with van der Waals surface area (Å²) in [7, 11) is 0. The predicted molar refractivity (Wildman–Crippen MR) is 67.5 cm³/mol. The fourth-order valence-electron chi connectivity index (χ4n) is 2.16. The molecule has 4 nitrogen and oxygen atoms in total. The van der Waals surface area contributed by atoms with Crippen molar-refractivity contribution in [2.24, 2.45) is 0 Å². The molecule has 8 heteroatoms. The van der Waals surface area contributed by atoms with Crippen LogP contribution in [0.1, 0.15) is 47.0 Å². The Hall–Kier alpha value is -1.31. The van der Waals surface area contributed by atoms with Crippen molar-refractivity contribution in [2.75, 3.05) is 11.4 Å². The van der Waals surface area contributed by atoms with Gasteiger partial charge in [-0.2, -0.15) is 13.2 Å². The van der Waals surface area contributed by atoms with E-state index in [1.807, 2.05) is 0 Å². The number of anilines is 1. The summed E-state index contributed by atoms with van der Waals surface area (Å²) in [6, 6.07) is -0.156. The average Bonchev–Trinajstić information content (AvgIpc) is 3.21. The van der Waals surface area contributed by atoms with Crippen molar-refractivity contribution in [3.63, 3.8) is 0 Å². The van der Waals surface area contributed by atoms with Gasteiger partial charge in [0, 0.05) is 12.0 Å². The molecule has 0 unspecified atom stereocenters. The minimum Gasteiger partial charge on any atom is -0.477 e. The number of aromatic nitrogens is 1. The van der Waals surface area contributed by atoms with Gasteiger partial charge in [0.25, 0.3) is 0 Å². The molecule has 1 heterocycles. The summed E-state index contributed by atoms with van der Waals surface area (Å²) in [5.74, 6) is -0.989. The molecule has 2 aliphatic rings. The van der Waals surface area contributed by atoms with Crippen LogP contribution in [0.25, 0.3) is 0 Å². The summed E-state index contributed by atoms with van der Waals surface area (Å²) in [5.41, 5.74) is 0.463. The number of halogens is 3. The van der Waals surface area contributed by atoms with Gasteiger partial charge in [-0.3, -0.25) is 0 Å². The van der Waals surface area contributed by atoms with E-state index in [2.05, 4.69) is 4.98 Å². The van der Waals surface area contributed by atoms with E-state index < -0.39 is 18.7 Å². The van der Waals surface area contributed by atoms with Gasteiger partial charge in [-0.25, -0.2) is 9.78 Å². The van der Waals surface area contributed by atoms with E-state index in [0.29, 0.717) is 18.5 Å². The molecule has 0 radical (unpaired) electrons. The summed E-state index contributed by atoms with van der Waals surface area (Å²) in [5, 5.41) is 9.35. The van der Waals surface area contributed by atoms with Crippen molar-refractivity contribution >= 4 is 22.4 Å². The van der Waals surface area contributed by atoms with Gasteiger partial charge in [-0.15, -0.1) is 0 Å². The van der Waals surface area contributed by atoms with Crippen LogP contribution in [0.5, 0.6) is 0 Å². The fraction of sp³-hybridized carbons (Fsp3) is 0.667. The van der Waals surface area contributed by atoms with Crippen LogP contribution in [0.2, 0.25) is 0 Å². The predicted octanol–water partition coefficient (Wildman–Crippen LogP) is 3.25. The Morgan fingerprint density at radius 3 is 2.45 bits per heavy atom. The zero-order valence-electron chi connectivity index (χ0n) is 10.5. The second-order valence-corrected chi connectivity index (χ2v) is 6.24. The highest BCUT2D eigenvalue weighted by Crippen LogP contribution is 2.45. The molecule has 0 saturated heterocycles. The maximum atomic E-state index is 12.6. The fourth-order valence-corrected chi connectivity index (χ4v) is 3.22. The Morgan fingerprint density at radius 1 is 1.35 bits per heavy atom. The Bertz CT molecular complexity index is 535. The summed E-state index contributed by atoms with van der Waals surface area (Å²) >= 11 is 0.868. The monoisotopic (exact) mass is 306 g/mol. The number of alkyl halides is 3. The Kier molecular flexibility index (Phi) is 3.15. The minimum atomic E-state index is -4.31. The zero-order valence-corrected chi connectivity index (χ0v) is 11.3. The highest BCUT2D eigenvalue weighted by Gasteiger charge is 2.41. The number of carboxylic acids is 1. The highest BCUT2D eigenvalue weighted by atomic mass is 32.1. The molecule has 3 rings (SSSR count). The lowest BCUT2D eigenvalue weighted by molar-refractivity contribution is -0.120. The summed E-state index contributed by atoms with van der Waals surface area (Å²) in [4.78, 5) is 16.7. The molecule has 0 spiro atoms. The summed E-state index contributed by atoms with van der Waals surface area (Å²) < 4.78 is 37.9. The van der Waals surface area contributed by atoms with Crippen molar-refractivity contribution in [3.05, 3.63) is 10.6 Å². The molecule has 1 N–H and O–H groups in total. The van der Waals surface area contributed by atoms with Crippen LogP contribution in [-0.2, 0) is 0 Å². The van der Waals surface area contributed by atoms with E-state index in [4.69, 9.17) is 5.11 Å². The molecule has 2 aliphatic carbocycles. The van der Waals surface area contributed by atoms with Crippen LogP contribution in [0, 0.1) is 0 Å². The van der Waals surface area contributed by atoms with E-state index in [9.17, 15) is 18.0 Å². The average molecular weight is 306 g/mol. The second kappa shape index (κ2) is 4.61. The van der Waals surface area contributed by atoms with Crippen LogP contribution in [0.4, 0.5) is 18.3 Å². The number of carboxylic acid groups (broad SMARTS) is 1. The number of hydrogen-bond donors (Lipinski definition) is 1. The summed E-state index contributed by atoms with van der Waals surface area (Å²) in [6.45, 7) is -1.06. The first kappa shape index (κ1) is 13.7. The van der Waals surface area contributed by atoms with Crippen molar-refractivity contribution in [2.45, 2.75) is 43.8 Å². The van der Waals surface area contributed by atoms with Crippen molar-refractivity contribution < 1.29 is 23.1 Å². The molecule has 1 aromatic rings. The second-order valence-electron chi connectivity index (χ2n) is 5.26. The van der Waals surface area contributed by atoms with Gasteiger partial charge in [-0.1, -0.05) is 11.3 Å². The van der Waals surface area contributed by atoms with E-state index >= 15 is 0 Å².